The van der Waals surface area contributed by atoms with Gasteiger partial charge < -0.3 is 0 Å². The molecule has 18 heavy (non-hydrogen) atoms. The van der Waals surface area contributed by atoms with Gasteiger partial charge in [-0.25, -0.2) is 4.98 Å². The zero-order chi connectivity index (χ0) is 12.5. The Hall–Kier alpha value is -2.42. The van der Waals surface area contributed by atoms with Crippen LogP contribution in [0.2, 0.25) is 0 Å². The molecule has 2 heterocycles. The van der Waals surface area contributed by atoms with Crippen LogP contribution >= 0.6 is 0 Å². The highest BCUT2D eigenvalue weighted by atomic mass is 16.1. The highest BCUT2D eigenvalue weighted by Gasteiger charge is 2.05. The molecule has 0 N–H and O–H groups in total. The van der Waals surface area contributed by atoms with Gasteiger partial charge in [0.2, 0.25) is 0 Å². The number of hydrogen-bond donors (Lipinski definition) is 0. The first kappa shape index (κ1) is 10.7. The fourth-order valence-electron chi connectivity index (χ4n) is 2.05. The van der Waals surface area contributed by atoms with E-state index in [0.717, 1.165) is 16.8 Å². The summed E-state index contributed by atoms with van der Waals surface area (Å²) in [5, 5.41) is 0. The Labute approximate surface area is 104 Å². The molecule has 0 saturated carbocycles. The van der Waals surface area contributed by atoms with Crippen molar-refractivity contribution in [2.24, 2.45) is 0 Å². The number of aromatic nitrogens is 2. The lowest BCUT2D eigenvalue weighted by atomic mass is 10.1. The van der Waals surface area contributed by atoms with E-state index in [2.05, 4.69) is 4.98 Å². The normalized spacial score (nSPS) is 10.7. The van der Waals surface area contributed by atoms with Crippen LogP contribution in [0.5, 0.6) is 0 Å². The molecule has 2 aromatic heterocycles. The molecular weight excluding hydrogens is 224 g/mol. The molecule has 0 saturated heterocycles. The lowest BCUT2D eigenvalue weighted by molar-refractivity contribution is 1.05. The molecule has 0 aliphatic rings. The molecule has 0 spiro atoms. The van der Waals surface area contributed by atoms with Crippen LogP contribution in [0.3, 0.4) is 0 Å². The van der Waals surface area contributed by atoms with E-state index in [1.807, 2.05) is 49.4 Å². The molecule has 0 bridgehead atoms. The molecule has 1 aromatic carbocycles. The molecule has 0 atom stereocenters. The number of nitrogens with zero attached hydrogens (tertiary/aromatic N) is 2. The fourth-order valence-corrected chi connectivity index (χ4v) is 2.05. The highest BCUT2D eigenvalue weighted by Crippen LogP contribution is 2.20. The van der Waals surface area contributed by atoms with Gasteiger partial charge in [0.1, 0.15) is 5.65 Å². The third kappa shape index (κ3) is 1.70. The topological polar surface area (TPSA) is 34.4 Å². The van der Waals surface area contributed by atoms with Gasteiger partial charge in [-0.3, -0.25) is 9.20 Å². The van der Waals surface area contributed by atoms with Crippen LogP contribution in [-0.4, -0.2) is 9.38 Å². The van der Waals surface area contributed by atoms with Gasteiger partial charge in [-0.05, 0) is 24.6 Å². The van der Waals surface area contributed by atoms with Crippen molar-refractivity contribution in [2.45, 2.75) is 6.92 Å². The Balaban J connectivity index is 2.32. The lowest BCUT2D eigenvalue weighted by Crippen LogP contribution is -2.13. The Morgan fingerprint density at radius 3 is 2.67 bits per heavy atom. The molecule has 3 aromatic rings. The first-order valence-corrected chi connectivity index (χ1v) is 5.80. The van der Waals surface area contributed by atoms with Gasteiger partial charge in [-0.1, -0.05) is 30.3 Å². The summed E-state index contributed by atoms with van der Waals surface area (Å²) in [6.45, 7) is 2.02. The van der Waals surface area contributed by atoms with Crippen molar-refractivity contribution in [1.29, 1.82) is 0 Å². The van der Waals surface area contributed by atoms with Crippen LogP contribution in [0.25, 0.3) is 16.9 Å². The maximum Gasteiger partial charge on any atom is 0.258 e. The van der Waals surface area contributed by atoms with Crippen molar-refractivity contribution in [3.63, 3.8) is 0 Å². The number of rotatable bonds is 1. The second-order valence-corrected chi connectivity index (χ2v) is 4.22. The van der Waals surface area contributed by atoms with Crippen molar-refractivity contribution in [3.05, 3.63) is 70.6 Å². The van der Waals surface area contributed by atoms with Crippen LogP contribution in [0, 0.1) is 6.92 Å². The van der Waals surface area contributed by atoms with Gasteiger partial charge in [0.15, 0.2) is 0 Å². The number of benzene rings is 1. The van der Waals surface area contributed by atoms with E-state index in [1.165, 1.54) is 0 Å². The average Bonchev–Trinajstić information content (AvgIpc) is 2.39. The second kappa shape index (κ2) is 4.11. The Morgan fingerprint density at radius 2 is 1.83 bits per heavy atom. The van der Waals surface area contributed by atoms with Gasteiger partial charge in [0.25, 0.3) is 5.56 Å². The van der Waals surface area contributed by atoms with E-state index in [9.17, 15) is 4.79 Å². The van der Waals surface area contributed by atoms with Crippen LogP contribution in [0.4, 0.5) is 0 Å². The summed E-state index contributed by atoms with van der Waals surface area (Å²) in [6, 6.07) is 15.1. The summed E-state index contributed by atoms with van der Waals surface area (Å²) in [7, 11) is 0. The third-order valence-electron chi connectivity index (χ3n) is 2.99. The van der Waals surface area contributed by atoms with Crippen molar-refractivity contribution in [3.8, 4) is 11.3 Å². The van der Waals surface area contributed by atoms with E-state index in [1.54, 1.807) is 16.7 Å². The highest BCUT2D eigenvalue weighted by molar-refractivity contribution is 5.64. The van der Waals surface area contributed by atoms with Gasteiger partial charge >= 0.3 is 0 Å². The van der Waals surface area contributed by atoms with E-state index in [0.29, 0.717) is 5.65 Å². The largest absolute Gasteiger partial charge is 0.269 e. The Bertz CT molecular complexity index is 775. The first-order chi connectivity index (χ1) is 8.75. The molecule has 0 amide bonds. The quantitative estimate of drug-likeness (QED) is 0.651. The number of fused-ring (bicyclic) bond motifs is 1. The van der Waals surface area contributed by atoms with Gasteiger partial charge in [-0.2, -0.15) is 0 Å². The molecule has 0 radical (unpaired) electrons. The number of aryl methyl sites for hydroxylation is 1. The molecule has 0 fully saturated rings. The van der Waals surface area contributed by atoms with Crippen molar-refractivity contribution in [2.75, 3.05) is 0 Å². The number of hydrogen-bond acceptors (Lipinski definition) is 2. The summed E-state index contributed by atoms with van der Waals surface area (Å²) in [5.41, 5.74) is 3.46. The molecule has 3 rings (SSSR count). The van der Waals surface area contributed by atoms with Crippen LogP contribution in [-0.2, 0) is 0 Å². The average molecular weight is 236 g/mol. The molecule has 88 valence electrons. The van der Waals surface area contributed by atoms with E-state index >= 15 is 0 Å². The van der Waals surface area contributed by atoms with Crippen LogP contribution in [0.15, 0.2) is 59.5 Å². The predicted molar refractivity (Wildman–Crippen MR) is 71.6 cm³/mol. The Morgan fingerprint density at radius 1 is 1.06 bits per heavy atom. The maximum atomic E-state index is 12.0. The monoisotopic (exact) mass is 236 g/mol. The molecule has 3 nitrogen and oxygen atoms in total. The van der Waals surface area contributed by atoms with Crippen LogP contribution < -0.4 is 5.56 Å². The summed E-state index contributed by atoms with van der Waals surface area (Å²) in [4.78, 5) is 16.5. The SMILES string of the molecule is Cc1ccccc1-c1cc(=O)n2ccccc2n1. The van der Waals surface area contributed by atoms with Crippen molar-refractivity contribution < 1.29 is 0 Å². The minimum Gasteiger partial charge on any atom is -0.269 e. The zero-order valence-corrected chi connectivity index (χ0v) is 10.00. The first-order valence-electron chi connectivity index (χ1n) is 5.80. The minimum atomic E-state index is -0.0566. The minimum absolute atomic E-state index is 0.0566. The number of pyridine rings is 1. The summed E-state index contributed by atoms with van der Waals surface area (Å²) in [5.74, 6) is 0. The third-order valence-corrected chi connectivity index (χ3v) is 2.99. The smallest absolute Gasteiger partial charge is 0.258 e. The second-order valence-electron chi connectivity index (χ2n) is 4.22. The molecular formula is C15H12N2O. The van der Waals surface area contributed by atoms with Gasteiger partial charge in [0, 0.05) is 17.8 Å². The van der Waals surface area contributed by atoms with Crippen molar-refractivity contribution in [1.82, 2.24) is 9.38 Å². The van der Waals surface area contributed by atoms with E-state index in [-0.39, 0.29) is 5.56 Å². The summed E-state index contributed by atoms with van der Waals surface area (Å²) < 4.78 is 1.54. The molecule has 0 aliphatic heterocycles. The lowest BCUT2D eigenvalue weighted by Gasteiger charge is -2.06. The van der Waals surface area contributed by atoms with Gasteiger partial charge in [0.05, 0.1) is 5.69 Å². The van der Waals surface area contributed by atoms with E-state index in [4.69, 9.17) is 0 Å². The van der Waals surface area contributed by atoms with E-state index < -0.39 is 0 Å². The van der Waals surface area contributed by atoms with Crippen molar-refractivity contribution >= 4 is 5.65 Å². The zero-order valence-electron chi connectivity index (χ0n) is 10.00. The molecule has 3 heteroatoms. The maximum absolute atomic E-state index is 12.0. The molecule has 0 aliphatic carbocycles. The van der Waals surface area contributed by atoms with Gasteiger partial charge in [-0.15, -0.1) is 0 Å². The molecule has 0 unspecified atom stereocenters. The fraction of sp³-hybridized carbons (Fsp3) is 0.0667. The summed E-state index contributed by atoms with van der Waals surface area (Å²) >= 11 is 0. The Kier molecular flexibility index (Phi) is 2.45. The summed E-state index contributed by atoms with van der Waals surface area (Å²) in [6.07, 6.45) is 1.73. The predicted octanol–water partition coefficient (Wildman–Crippen LogP) is 2.67. The van der Waals surface area contributed by atoms with Crippen LogP contribution in [0.1, 0.15) is 5.56 Å². The standard InChI is InChI=1S/C15H12N2O/c1-11-6-2-3-7-12(11)13-10-15(18)17-9-5-4-8-14(17)16-13/h2-10H,1H3.